The number of rotatable bonds is 3. The summed E-state index contributed by atoms with van der Waals surface area (Å²) >= 11 is -1.30. The van der Waals surface area contributed by atoms with E-state index in [0.717, 1.165) is 12.8 Å². The minimum atomic E-state index is -5.60. The molecule has 0 heterocycles. The Kier molecular flexibility index (Phi) is 3.93. The second-order valence-electron chi connectivity index (χ2n) is 6.17. The zero-order valence-electron chi connectivity index (χ0n) is 11.6. The molecule has 0 aromatic heterocycles. The molecule has 21 heavy (non-hydrogen) atoms. The van der Waals surface area contributed by atoms with Crippen molar-refractivity contribution in [3.8, 4) is 0 Å². The molecule has 5 nitrogen and oxygen atoms in total. The fraction of sp³-hybridized carbons (Fsp3) is 0.909. The van der Waals surface area contributed by atoms with Gasteiger partial charge in [0.25, 0.3) is 0 Å². The maximum absolute atomic E-state index is 12.3. The quantitative estimate of drug-likeness (QED) is 0.346. The van der Waals surface area contributed by atoms with Gasteiger partial charge in [0.1, 0.15) is 0 Å². The third-order valence-corrected chi connectivity index (χ3v) is 9.17. The number of hydrogen-bond acceptors (Lipinski definition) is 5. The van der Waals surface area contributed by atoms with Gasteiger partial charge in [0, 0.05) is 0 Å². The molecule has 122 valence electrons. The molecule has 1 unspecified atom stereocenters. The van der Waals surface area contributed by atoms with Crippen molar-refractivity contribution in [1.82, 2.24) is 0 Å². The first kappa shape index (κ1) is 17.0. The van der Waals surface area contributed by atoms with E-state index in [1.54, 1.807) is 0 Å². The number of nitrogens with zero attached hydrogens (tertiary/aromatic N) is 1. The summed E-state index contributed by atoms with van der Waals surface area (Å²) in [6.45, 7) is 5.82. The van der Waals surface area contributed by atoms with Crippen molar-refractivity contribution in [2.24, 2.45) is 21.9 Å². The number of hydrogen-bond donors (Lipinski definition) is 1. The van der Waals surface area contributed by atoms with E-state index < -0.39 is 41.1 Å². The zero-order chi connectivity index (χ0) is 16.3. The molecule has 1 N–H and O–H groups in total. The van der Waals surface area contributed by atoms with E-state index in [1.165, 1.54) is 0 Å². The molecule has 0 saturated heterocycles. The zero-order valence-corrected chi connectivity index (χ0v) is 14.2. The van der Waals surface area contributed by atoms with Crippen LogP contribution in [0.3, 0.4) is 0 Å². The summed E-state index contributed by atoms with van der Waals surface area (Å²) in [7, 11) is -5.60. The molecular formula is C11H16F3NO4SSe. The van der Waals surface area contributed by atoms with Gasteiger partial charge < -0.3 is 0 Å². The Hall–Kier alpha value is -0.311. The van der Waals surface area contributed by atoms with Crippen LogP contribution in [0.4, 0.5) is 13.2 Å². The summed E-state index contributed by atoms with van der Waals surface area (Å²) in [4.78, 5) is -0.562. The molecular weight excluding hydrogens is 378 g/mol. The van der Waals surface area contributed by atoms with Crippen molar-refractivity contribution >= 4 is 31.1 Å². The number of fused-ring (bicyclic) bond motifs is 2. The van der Waals surface area contributed by atoms with Crippen LogP contribution in [-0.2, 0) is 13.4 Å². The first-order valence-electron chi connectivity index (χ1n) is 6.27. The Morgan fingerprint density at radius 3 is 2.43 bits per heavy atom. The fourth-order valence-electron chi connectivity index (χ4n) is 3.44. The minimum absolute atomic E-state index is 0.0446. The van der Waals surface area contributed by atoms with Crippen LogP contribution in [0.1, 0.15) is 33.6 Å². The van der Waals surface area contributed by atoms with Gasteiger partial charge in [-0.2, -0.15) is 0 Å². The molecule has 0 aromatic carbocycles. The third-order valence-electron chi connectivity index (χ3n) is 5.13. The predicted molar refractivity (Wildman–Crippen MR) is 69.4 cm³/mol. The average molecular weight is 394 g/mol. The van der Waals surface area contributed by atoms with E-state index in [9.17, 15) is 26.8 Å². The van der Waals surface area contributed by atoms with Crippen LogP contribution < -0.4 is 0 Å². The van der Waals surface area contributed by atoms with Crippen LogP contribution in [-0.4, -0.2) is 40.1 Å². The Morgan fingerprint density at radius 2 is 1.95 bits per heavy atom. The molecule has 2 aliphatic rings. The van der Waals surface area contributed by atoms with Gasteiger partial charge in [-0.3, -0.25) is 0 Å². The normalized spacial score (nSPS) is 37.3. The third kappa shape index (κ3) is 2.31. The van der Waals surface area contributed by atoms with E-state index in [4.69, 9.17) is 0 Å². The molecule has 2 fully saturated rings. The molecule has 2 saturated carbocycles. The standard InChI is InChI=1S/C11H16F3NO4SSe/c1-9(2)6-4-5-10(9,3)8(15-16)7(6)21-19-20(17,18)11(12,13)14/h6-7,16H,4-5H2,1-3H3/b15-8+/t6?,7-,10+/m1/s1. The molecule has 0 aromatic rings. The second kappa shape index (κ2) is 4.84. The fourth-order valence-corrected chi connectivity index (χ4v) is 7.49. The second-order valence-corrected chi connectivity index (χ2v) is 10.0. The molecule has 0 amide bonds. The first-order valence-corrected chi connectivity index (χ1v) is 9.37. The van der Waals surface area contributed by atoms with Crippen LogP contribution in [0, 0.1) is 16.7 Å². The topological polar surface area (TPSA) is 76.0 Å². The van der Waals surface area contributed by atoms with E-state index in [0.29, 0.717) is 5.71 Å². The maximum atomic E-state index is 12.3. The molecule has 2 bridgehead atoms. The first-order chi connectivity index (χ1) is 9.38. The van der Waals surface area contributed by atoms with Crippen molar-refractivity contribution in [2.45, 2.75) is 43.9 Å². The van der Waals surface area contributed by atoms with E-state index >= 15 is 0 Å². The van der Waals surface area contributed by atoms with E-state index in [-0.39, 0.29) is 11.3 Å². The molecule has 0 aliphatic heterocycles. The van der Waals surface area contributed by atoms with Gasteiger partial charge in [-0.05, 0) is 0 Å². The van der Waals surface area contributed by atoms with Crippen molar-refractivity contribution in [3.63, 3.8) is 0 Å². The Bertz CT molecular complexity index is 575. The molecule has 0 spiro atoms. The number of oxime groups is 1. The van der Waals surface area contributed by atoms with Crippen LogP contribution in [0.15, 0.2) is 5.16 Å². The summed E-state index contributed by atoms with van der Waals surface area (Å²) in [6.07, 6.45) is 1.52. The summed E-state index contributed by atoms with van der Waals surface area (Å²) < 4.78 is 63.2. The van der Waals surface area contributed by atoms with Gasteiger partial charge >= 0.3 is 127 Å². The summed E-state index contributed by atoms with van der Waals surface area (Å²) in [5.41, 5.74) is -5.78. The van der Waals surface area contributed by atoms with Gasteiger partial charge in [-0.1, -0.05) is 0 Å². The van der Waals surface area contributed by atoms with Crippen LogP contribution in [0.2, 0.25) is 4.82 Å². The van der Waals surface area contributed by atoms with Crippen molar-refractivity contribution in [2.75, 3.05) is 0 Å². The van der Waals surface area contributed by atoms with Crippen molar-refractivity contribution in [1.29, 1.82) is 0 Å². The molecule has 10 heteroatoms. The van der Waals surface area contributed by atoms with Gasteiger partial charge in [0.05, 0.1) is 0 Å². The summed E-state index contributed by atoms with van der Waals surface area (Å²) in [6, 6.07) is 0. The predicted octanol–water partition coefficient (Wildman–Crippen LogP) is 2.55. The van der Waals surface area contributed by atoms with Crippen LogP contribution >= 0.6 is 0 Å². The number of halogens is 3. The van der Waals surface area contributed by atoms with Crippen LogP contribution in [0.5, 0.6) is 0 Å². The monoisotopic (exact) mass is 395 g/mol. The average Bonchev–Trinajstić information content (AvgIpc) is 2.65. The Labute approximate surface area is 127 Å². The van der Waals surface area contributed by atoms with Crippen molar-refractivity contribution < 1.29 is 30.1 Å². The van der Waals surface area contributed by atoms with Crippen molar-refractivity contribution in [3.05, 3.63) is 0 Å². The van der Waals surface area contributed by atoms with E-state index in [1.807, 2.05) is 20.8 Å². The van der Waals surface area contributed by atoms with Gasteiger partial charge in [-0.15, -0.1) is 0 Å². The van der Waals surface area contributed by atoms with E-state index in [2.05, 4.69) is 8.42 Å². The molecule has 0 radical (unpaired) electrons. The van der Waals surface area contributed by atoms with Gasteiger partial charge in [-0.25, -0.2) is 0 Å². The summed E-state index contributed by atoms with van der Waals surface area (Å²) in [5, 5.41) is 12.5. The Morgan fingerprint density at radius 1 is 1.38 bits per heavy atom. The van der Waals surface area contributed by atoms with Gasteiger partial charge in [0.2, 0.25) is 0 Å². The van der Waals surface area contributed by atoms with Crippen LogP contribution in [0.25, 0.3) is 0 Å². The molecule has 2 aliphatic carbocycles. The SMILES string of the molecule is CC1(C)C2CC[C@@]1(C)/C(=N/O)[C@@H]2[Se]OS(=O)(=O)C(F)(F)F. The molecule has 3 atom stereocenters. The Balaban J connectivity index is 2.24. The molecule has 2 rings (SSSR count). The van der Waals surface area contributed by atoms with Gasteiger partial charge in [0.15, 0.2) is 0 Å². The summed E-state index contributed by atoms with van der Waals surface area (Å²) in [5.74, 6) is -0.0446. The number of alkyl halides is 3.